The summed E-state index contributed by atoms with van der Waals surface area (Å²) in [5.41, 5.74) is 0. The minimum atomic E-state index is -1.55. The number of unbranched alkanes of at least 4 members (excludes halogenated alkanes) is 18. The summed E-state index contributed by atoms with van der Waals surface area (Å²) in [6.45, 7) is 3.76. The molecule has 1 fully saturated rings. The Morgan fingerprint density at radius 1 is 0.717 bits per heavy atom. The highest BCUT2D eigenvalue weighted by molar-refractivity contribution is 5.76. The number of rotatable bonds is 30. The van der Waals surface area contributed by atoms with Crippen LogP contribution in [0.15, 0.2) is 12.2 Å². The average molecular weight is 658 g/mol. The Morgan fingerprint density at radius 3 is 1.76 bits per heavy atom. The number of hydrogen-bond acceptors (Lipinski definition) is 8. The van der Waals surface area contributed by atoms with Gasteiger partial charge in [-0.25, -0.2) is 0 Å². The van der Waals surface area contributed by atoms with E-state index < -0.39 is 49.5 Å². The quantitative estimate of drug-likeness (QED) is 0.0394. The van der Waals surface area contributed by atoms with Gasteiger partial charge in [0, 0.05) is 6.42 Å². The van der Waals surface area contributed by atoms with Crippen LogP contribution in [0, 0.1) is 0 Å². The number of allylic oxidation sites excluding steroid dienone is 2. The molecule has 0 aromatic carbocycles. The molecule has 1 aliphatic rings. The molecule has 0 spiro atoms. The third-order valence-electron chi connectivity index (χ3n) is 9.12. The number of carbonyl (C=O) groups is 1. The van der Waals surface area contributed by atoms with Crippen molar-refractivity contribution in [1.29, 1.82) is 0 Å². The zero-order chi connectivity index (χ0) is 33.8. The Bertz CT molecular complexity index is 736. The van der Waals surface area contributed by atoms with Gasteiger partial charge in [0.1, 0.15) is 24.4 Å². The summed E-state index contributed by atoms with van der Waals surface area (Å²) in [5, 5.41) is 53.8. The highest BCUT2D eigenvalue weighted by Gasteiger charge is 2.44. The van der Waals surface area contributed by atoms with Crippen LogP contribution in [0.25, 0.3) is 0 Å². The number of nitrogens with one attached hydrogen (secondary N) is 1. The second kappa shape index (κ2) is 28.9. The van der Waals surface area contributed by atoms with Crippen LogP contribution in [0.3, 0.4) is 0 Å². The van der Waals surface area contributed by atoms with Crippen molar-refractivity contribution in [3.63, 3.8) is 0 Å². The first-order valence-electron chi connectivity index (χ1n) is 18.9. The molecule has 46 heavy (non-hydrogen) atoms. The zero-order valence-electron chi connectivity index (χ0n) is 29.3. The molecule has 7 atom stereocenters. The lowest BCUT2D eigenvalue weighted by Crippen LogP contribution is -2.60. The predicted octanol–water partition coefficient (Wildman–Crippen LogP) is 6.22. The maximum atomic E-state index is 12.8. The number of aliphatic hydroxyl groups is 5. The third-order valence-corrected chi connectivity index (χ3v) is 9.12. The van der Waals surface area contributed by atoms with Crippen molar-refractivity contribution in [2.75, 3.05) is 13.2 Å². The summed E-state index contributed by atoms with van der Waals surface area (Å²) in [6.07, 6.45) is 22.3. The molecule has 0 bridgehead atoms. The van der Waals surface area contributed by atoms with E-state index in [-0.39, 0.29) is 12.5 Å². The summed E-state index contributed by atoms with van der Waals surface area (Å²) in [4.78, 5) is 12.8. The number of aliphatic hydroxyl groups excluding tert-OH is 5. The fourth-order valence-electron chi connectivity index (χ4n) is 5.98. The summed E-state index contributed by atoms with van der Waals surface area (Å²) in [6, 6.07) is -0.715. The minimum Gasteiger partial charge on any atom is -0.394 e. The molecule has 1 rings (SSSR count). The summed E-state index contributed by atoms with van der Waals surface area (Å²) >= 11 is 0. The highest BCUT2D eigenvalue weighted by Crippen LogP contribution is 2.23. The first-order valence-corrected chi connectivity index (χ1v) is 18.9. The molecule has 0 saturated carbocycles. The van der Waals surface area contributed by atoms with Crippen molar-refractivity contribution in [3.8, 4) is 0 Å². The normalized spacial score (nSPS) is 23.2. The molecule has 0 radical (unpaired) electrons. The van der Waals surface area contributed by atoms with E-state index in [0.717, 1.165) is 51.4 Å². The molecule has 0 aliphatic carbocycles. The number of ether oxygens (including phenoxy) is 2. The monoisotopic (exact) mass is 658 g/mol. The molecule has 0 aromatic rings. The van der Waals surface area contributed by atoms with E-state index in [4.69, 9.17) is 9.47 Å². The third kappa shape index (κ3) is 20.3. The maximum absolute atomic E-state index is 12.8. The molecular weight excluding hydrogens is 586 g/mol. The van der Waals surface area contributed by atoms with E-state index >= 15 is 0 Å². The molecule has 0 aromatic heterocycles. The van der Waals surface area contributed by atoms with E-state index in [0.29, 0.717) is 12.8 Å². The molecule has 9 nitrogen and oxygen atoms in total. The van der Waals surface area contributed by atoms with Crippen molar-refractivity contribution in [3.05, 3.63) is 12.2 Å². The van der Waals surface area contributed by atoms with Crippen LogP contribution < -0.4 is 5.32 Å². The van der Waals surface area contributed by atoms with Gasteiger partial charge < -0.3 is 40.3 Å². The van der Waals surface area contributed by atoms with Gasteiger partial charge in [-0.2, -0.15) is 0 Å². The van der Waals surface area contributed by atoms with E-state index in [1.807, 2.05) is 0 Å². The molecule has 1 amide bonds. The topological polar surface area (TPSA) is 149 Å². The van der Waals surface area contributed by atoms with Crippen LogP contribution in [0.2, 0.25) is 0 Å². The van der Waals surface area contributed by atoms with Crippen molar-refractivity contribution >= 4 is 5.91 Å². The van der Waals surface area contributed by atoms with Crippen molar-refractivity contribution < 1.29 is 39.8 Å². The molecule has 1 saturated heterocycles. The second-order valence-electron chi connectivity index (χ2n) is 13.4. The van der Waals surface area contributed by atoms with Crippen LogP contribution in [0.1, 0.15) is 162 Å². The van der Waals surface area contributed by atoms with Gasteiger partial charge in [-0.05, 0) is 38.5 Å². The highest BCUT2D eigenvalue weighted by atomic mass is 16.7. The first kappa shape index (κ1) is 43.0. The van der Waals surface area contributed by atoms with Crippen LogP contribution >= 0.6 is 0 Å². The van der Waals surface area contributed by atoms with Gasteiger partial charge in [0.25, 0.3) is 0 Å². The fraction of sp³-hybridized carbons (Fsp3) is 0.919. The van der Waals surface area contributed by atoms with Gasteiger partial charge in [-0.3, -0.25) is 4.79 Å². The minimum absolute atomic E-state index is 0.140. The molecule has 1 heterocycles. The molecular formula is C37H71NO8. The lowest BCUT2D eigenvalue weighted by molar-refractivity contribution is -0.302. The first-order chi connectivity index (χ1) is 22.3. The number of amides is 1. The van der Waals surface area contributed by atoms with Crippen molar-refractivity contribution in [2.45, 2.75) is 204 Å². The van der Waals surface area contributed by atoms with E-state index in [1.165, 1.54) is 83.5 Å². The van der Waals surface area contributed by atoms with Crippen molar-refractivity contribution in [1.82, 2.24) is 5.32 Å². The van der Waals surface area contributed by atoms with Crippen LogP contribution in [-0.2, 0) is 14.3 Å². The summed E-state index contributed by atoms with van der Waals surface area (Å²) in [7, 11) is 0. The van der Waals surface area contributed by atoms with Gasteiger partial charge >= 0.3 is 0 Å². The lowest BCUT2D eigenvalue weighted by atomic mass is 9.99. The van der Waals surface area contributed by atoms with Gasteiger partial charge in [-0.1, -0.05) is 129 Å². The fourth-order valence-corrected chi connectivity index (χ4v) is 5.98. The zero-order valence-corrected chi connectivity index (χ0v) is 29.3. The van der Waals surface area contributed by atoms with Gasteiger partial charge in [0.15, 0.2) is 6.29 Å². The van der Waals surface area contributed by atoms with Gasteiger partial charge in [0.2, 0.25) is 5.91 Å². The maximum Gasteiger partial charge on any atom is 0.220 e. The SMILES string of the molecule is CCCCCCCC/C=C\CCCCCCCC(=O)NC(COC1OC(CO)C(O)C(O)C1O)C(O)CCCCCCCCCC. The van der Waals surface area contributed by atoms with E-state index in [1.54, 1.807) is 0 Å². The van der Waals surface area contributed by atoms with Crippen LogP contribution in [-0.4, -0.2) is 87.5 Å². The Labute approximate surface area is 280 Å². The van der Waals surface area contributed by atoms with Crippen molar-refractivity contribution in [2.24, 2.45) is 0 Å². The van der Waals surface area contributed by atoms with E-state index in [2.05, 4.69) is 31.3 Å². The van der Waals surface area contributed by atoms with Crippen LogP contribution in [0.4, 0.5) is 0 Å². The second-order valence-corrected chi connectivity index (χ2v) is 13.4. The van der Waals surface area contributed by atoms with E-state index in [9.17, 15) is 30.3 Å². The number of hydrogen-bond donors (Lipinski definition) is 6. The molecule has 272 valence electrons. The molecule has 9 heteroatoms. The van der Waals surface area contributed by atoms with Crippen LogP contribution in [0.5, 0.6) is 0 Å². The summed E-state index contributed by atoms with van der Waals surface area (Å²) in [5.74, 6) is -0.157. The largest absolute Gasteiger partial charge is 0.394 e. The Kier molecular flexibility index (Phi) is 27.0. The Hall–Kier alpha value is -1.07. The predicted molar refractivity (Wildman–Crippen MR) is 184 cm³/mol. The Balaban J connectivity index is 2.40. The molecule has 7 unspecified atom stereocenters. The van der Waals surface area contributed by atoms with Gasteiger partial charge in [-0.15, -0.1) is 0 Å². The summed E-state index contributed by atoms with van der Waals surface area (Å²) < 4.78 is 11.2. The number of carbonyl (C=O) groups excluding carboxylic acids is 1. The van der Waals surface area contributed by atoms with Gasteiger partial charge in [0.05, 0.1) is 25.4 Å². The molecule has 6 N–H and O–H groups in total. The smallest absolute Gasteiger partial charge is 0.220 e. The molecule has 1 aliphatic heterocycles. The lowest BCUT2D eigenvalue weighted by Gasteiger charge is -2.40. The Morgan fingerprint density at radius 2 is 1.22 bits per heavy atom. The standard InChI is InChI=1S/C37H71NO8/c1-3-5-7-9-11-13-14-15-16-17-18-19-21-23-25-27-33(41)38-30(31(40)26-24-22-20-12-10-8-6-4-2)29-45-37-36(44)35(43)34(42)32(28-39)46-37/h15-16,30-32,34-37,39-40,42-44H,3-14,17-29H2,1-2H3,(H,38,41)/b16-15-. The average Bonchev–Trinajstić information content (AvgIpc) is 3.05.